The van der Waals surface area contributed by atoms with Crippen LogP contribution in [0.3, 0.4) is 0 Å². The van der Waals surface area contributed by atoms with E-state index in [9.17, 15) is 10.1 Å². The smallest absolute Gasteiger partial charge is 0.253 e. The van der Waals surface area contributed by atoms with E-state index >= 15 is 0 Å². The third kappa shape index (κ3) is 7.45. The molecule has 2 aromatic heterocycles. The normalized spacial score (nSPS) is 15.8. The van der Waals surface area contributed by atoms with Crippen LogP contribution < -0.4 is 10.6 Å². The molecule has 0 bridgehead atoms. The van der Waals surface area contributed by atoms with Crippen molar-refractivity contribution in [2.75, 3.05) is 26.2 Å². The summed E-state index contributed by atoms with van der Waals surface area (Å²) in [7, 11) is 0. The molecule has 1 aliphatic rings. The highest BCUT2D eigenvalue weighted by Crippen LogP contribution is 2.25. The monoisotopic (exact) mass is 528 g/mol. The van der Waals surface area contributed by atoms with Crippen molar-refractivity contribution in [2.45, 2.75) is 65.6 Å². The minimum atomic E-state index is -0.0932. The molecule has 2 N–H and O–H groups in total. The highest BCUT2D eigenvalue weighted by molar-refractivity contribution is 7.07. The van der Waals surface area contributed by atoms with Crippen molar-refractivity contribution in [1.82, 2.24) is 25.4 Å². The molecule has 1 amide bonds. The van der Waals surface area contributed by atoms with Crippen molar-refractivity contribution in [1.29, 1.82) is 5.26 Å². The Morgan fingerprint density at radius 2 is 2.14 bits per heavy atom. The van der Waals surface area contributed by atoms with Gasteiger partial charge in [-0.3, -0.25) is 4.79 Å². The van der Waals surface area contributed by atoms with Crippen molar-refractivity contribution in [3.05, 3.63) is 62.3 Å². The van der Waals surface area contributed by atoms with E-state index in [1.54, 1.807) is 23.5 Å². The molecule has 3 heterocycles. The molecule has 2 aromatic rings. The molecule has 9 heteroatoms. The lowest BCUT2D eigenvalue weighted by Crippen LogP contribution is -2.49. The number of nitrogens with one attached hydrogen (secondary N) is 2. The number of carbonyl (C=O) groups is 1. The topological polar surface area (TPSA) is 84.3 Å². The first-order valence-electron chi connectivity index (χ1n) is 12.6. The summed E-state index contributed by atoms with van der Waals surface area (Å²) in [5.74, 6) is 0.812. The van der Waals surface area contributed by atoms with Crippen LogP contribution >= 0.6 is 22.9 Å². The molecule has 36 heavy (non-hydrogen) atoms. The third-order valence-electron chi connectivity index (χ3n) is 6.81. The summed E-state index contributed by atoms with van der Waals surface area (Å²) in [6.45, 7) is 12.2. The van der Waals surface area contributed by atoms with Gasteiger partial charge in [0.1, 0.15) is 11.0 Å². The lowest BCUT2D eigenvalue weighted by atomic mass is 10.00. The Morgan fingerprint density at radius 1 is 1.39 bits per heavy atom. The van der Waals surface area contributed by atoms with Crippen LogP contribution in [-0.4, -0.2) is 59.0 Å². The van der Waals surface area contributed by atoms with Gasteiger partial charge >= 0.3 is 0 Å². The highest BCUT2D eigenvalue weighted by atomic mass is 35.5. The van der Waals surface area contributed by atoms with Gasteiger partial charge in [-0.2, -0.15) is 16.6 Å². The standard InChI is InChI=1S/C27H37ClN6OS/c1-5-30-25(6-11-29)34(17-22-10-15-36-18-22)23-8-13-33(14-9-23)20(3)7-12-31-27(35)26-19(2)16-24(28)32-21(26)4/h6,10,15-16,18,20,23,30H,5,7-9,12-14,17H2,1-4H3,(H,31,35). The molecular weight excluding hydrogens is 492 g/mol. The average molecular weight is 529 g/mol. The second-order valence-electron chi connectivity index (χ2n) is 9.33. The number of aromatic nitrogens is 1. The number of allylic oxidation sites excluding steroid dienone is 1. The van der Waals surface area contributed by atoms with Crippen LogP contribution in [0, 0.1) is 25.2 Å². The van der Waals surface area contributed by atoms with E-state index in [2.05, 4.69) is 62.2 Å². The fourth-order valence-electron chi connectivity index (χ4n) is 4.90. The number of nitriles is 1. The number of thiophene rings is 1. The molecular formula is C27H37ClN6OS. The molecule has 1 atom stereocenters. The summed E-state index contributed by atoms with van der Waals surface area (Å²) in [5.41, 5.74) is 3.38. The van der Waals surface area contributed by atoms with Gasteiger partial charge in [0.2, 0.25) is 0 Å². The first-order valence-corrected chi connectivity index (χ1v) is 13.9. The third-order valence-corrected chi connectivity index (χ3v) is 7.73. The molecule has 1 saturated heterocycles. The Balaban J connectivity index is 1.53. The Labute approximate surface area is 224 Å². The molecule has 0 aromatic carbocycles. The summed E-state index contributed by atoms with van der Waals surface area (Å²) in [6, 6.07) is 6.83. The number of amides is 1. The number of halogens is 1. The lowest BCUT2D eigenvalue weighted by molar-refractivity contribution is 0.0903. The van der Waals surface area contributed by atoms with Gasteiger partial charge in [0.25, 0.3) is 5.91 Å². The quantitative estimate of drug-likeness (QED) is 0.320. The SMILES string of the molecule is CCNC(=CC#N)N(Cc1ccsc1)C1CCN(C(C)CCNC(=O)c2c(C)cc(Cl)nc2C)CC1. The average Bonchev–Trinajstić information content (AvgIpc) is 3.35. The first kappa shape index (κ1) is 28.0. The number of likely N-dealkylation sites (tertiary alicyclic amines) is 1. The van der Waals surface area contributed by atoms with Gasteiger partial charge in [0.15, 0.2) is 0 Å². The van der Waals surface area contributed by atoms with Crippen LogP contribution in [0.4, 0.5) is 0 Å². The van der Waals surface area contributed by atoms with Crippen molar-refractivity contribution in [2.24, 2.45) is 0 Å². The lowest BCUT2D eigenvalue weighted by Gasteiger charge is -2.42. The zero-order chi connectivity index (χ0) is 26.1. The van der Waals surface area contributed by atoms with Gasteiger partial charge in [-0.05, 0) is 81.0 Å². The Hall–Kier alpha value is -2.60. The van der Waals surface area contributed by atoms with E-state index in [1.165, 1.54) is 5.56 Å². The van der Waals surface area contributed by atoms with E-state index in [-0.39, 0.29) is 5.91 Å². The van der Waals surface area contributed by atoms with E-state index in [0.717, 1.165) is 56.8 Å². The molecule has 194 valence electrons. The van der Waals surface area contributed by atoms with E-state index in [1.807, 2.05) is 13.8 Å². The summed E-state index contributed by atoms with van der Waals surface area (Å²) >= 11 is 7.70. The fourth-order valence-corrected chi connectivity index (χ4v) is 5.85. The van der Waals surface area contributed by atoms with Crippen LogP contribution in [0.25, 0.3) is 0 Å². The number of piperidine rings is 1. The molecule has 1 unspecified atom stereocenters. The number of carbonyl (C=O) groups excluding carboxylic acids is 1. The van der Waals surface area contributed by atoms with Crippen LogP contribution in [0.5, 0.6) is 0 Å². The molecule has 1 fully saturated rings. The molecule has 0 spiro atoms. The number of hydrogen-bond acceptors (Lipinski definition) is 7. The van der Waals surface area contributed by atoms with E-state index in [0.29, 0.717) is 35.0 Å². The molecule has 3 rings (SSSR count). The molecule has 1 aliphatic heterocycles. The zero-order valence-corrected chi connectivity index (χ0v) is 23.3. The molecule has 0 aliphatic carbocycles. The fraction of sp³-hybridized carbons (Fsp3) is 0.519. The Morgan fingerprint density at radius 3 is 2.75 bits per heavy atom. The summed E-state index contributed by atoms with van der Waals surface area (Å²) in [6.07, 6.45) is 4.58. The summed E-state index contributed by atoms with van der Waals surface area (Å²) in [4.78, 5) is 21.8. The highest BCUT2D eigenvalue weighted by Gasteiger charge is 2.28. The maximum atomic E-state index is 12.7. The second kappa shape index (κ2) is 13.6. The van der Waals surface area contributed by atoms with E-state index < -0.39 is 0 Å². The van der Waals surface area contributed by atoms with Crippen molar-refractivity contribution in [3.63, 3.8) is 0 Å². The predicted octanol–water partition coefficient (Wildman–Crippen LogP) is 4.86. The maximum absolute atomic E-state index is 12.7. The van der Waals surface area contributed by atoms with Crippen molar-refractivity contribution < 1.29 is 4.79 Å². The summed E-state index contributed by atoms with van der Waals surface area (Å²) < 4.78 is 0. The van der Waals surface area contributed by atoms with Crippen molar-refractivity contribution >= 4 is 28.8 Å². The molecule has 0 saturated carbocycles. The molecule has 7 nitrogen and oxygen atoms in total. The number of rotatable bonds is 11. The van der Waals surface area contributed by atoms with Gasteiger partial charge < -0.3 is 20.4 Å². The largest absolute Gasteiger partial charge is 0.371 e. The van der Waals surface area contributed by atoms with Crippen LogP contribution in [0.2, 0.25) is 5.15 Å². The number of hydrogen-bond donors (Lipinski definition) is 2. The maximum Gasteiger partial charge on any atom is 0.253 e. The van der Waals surface area contributed by atoms with E-state index in [4.69, 9.17) is 11.6 Å². The van der Waals surface area contributed by atoms with Crippen LogP contribution in [0.1, 0.15) is 60.3 Å². The number of pyridine rings is 1. The number of nitrogens with zero attached hydrogens (tertiary/aromatic N) is 4. The number of aryl methyl sites for hydroxylation is 2. The zero-order valence-electron chi connectivity index (χ0n) is 21.7. The predicted molar refractivity (Wildman–Crippen MR) is 147 cm³/mol. The Kier molecular flexibility index (Phi) is 10.6. The minimum Gasteiger partial charge on any atom is -0.371 e. The van der Waals surface area contributed by atoms with Gasteiger partial charge in [-0.15, -0.1) is 0 Å². The second-order valence-corrected chi connectivity index (χ2v) is 10.5. The van der Waals surface area contributed by atoms with Crippen LogP contribution in [0.15, 0.2) is 34.8 Å². The van der Waals surface area contributed by atoms with Crippen LogP contribution in [-0.2, 0) is 6.54 Å². The van der Waals surface area contributed by atoms with Gasteiger partial charge in [0, 0.05) is 44.8 Å². The molecule has 0 radical (unpaired) electrons. The summed E-state index contributed by atoms with van der Waals surface area (Å²) in [5, 5.41) is 20.5. The van der Waals surface area contributed by atoms with Crippen molar-refractivity contribution in [3.8, 4) is 6.07 Å². The minimum absolute atomic E-state index is 0.0932. The van der Waals surface area contributed by atoms with Gasteiger partial charge in [-0.25, -0.2) is 4.98 Å². The van der Waals surface area contributed by atoms with Gasteiger partial charge in [-0.1, -0.05) is 11.6 Å². The Bertz CT molecular complexity index is 1050. The van der Waals surface area contributed by atoms with Gasteiger partial charge in [0.05, 0.1) is 23.4 Å². The first-order chi connectivity index (χ1) is 17.3.